The number of amides is 2. The Hall–Kier alpha value is -4.00. The van der Waals surface area contributed by atoms with Gasteiger partial charge in [-0.25, -0.2) is 0 Å². The lowest BCUT2D eigenvalue weighted by molar-refractivity contribution is -0.114. The topological polar surface area (TPSA) is 100 Å². The molecule has 0 aliphatic rings. The summed E-state index contributed by atoms with van der Waals surface area (Å²) in [5, 5.41) is 8.62. The maximum Gasteiger partial charge on any atom is 0.257 e. The summed E-state index contributed by atoms with van der Waals surface area (Å²) in [7, 11) is 0. The molecule has 7 heteroatoms. The van der Waals surface area contributed by atoms with Crippen LogP contribution in [0.2, 0.25) is 0 Å². The molecule has 0 aliphatic carbocycles. The van der Waals surface area contributed by atoms with Crippen molar-refractivity contribution < 1.29 is 14.4 Å². The standard InChI is InChI=1S/C22H20N4O3/c1-14(27)16-3-5-19(6-4-16)25-21-11-17(12-23-13-21)22(29)26-20-9-7-18(8-10-20)24-15(2)28/h3-13,25H,1-2H3,(H,24,28)(H,26,29). The summed E-state index contributed by atoms with van der Waals surface area (Å²) < 4.78 is 0. The maximum absolute atomic E-state index is 12.5. The SMILES string of the molecule is CC(=O)Nc1ccc(NC(=O)c2cncc(Nc3ccc(C(C)=O)cc3)c2)cc1. The van der Waals surface area contributed by atoms with E-state index in [1.165, 1.54) is 20.0 Å². The number of nitrogens with one attached hydrogen (secondary N) is 3. The first kappa shape index (κ1) is 19.8. The predicted molar refractivity (Wildman–Crippen MR) is 113 cm³/mol. The maximum atomic E-state index is 12.5. The second-order valence-corrected chi connectivity index (χ2v) is 6.43. The highest BCUT2D eigenvalue weighted by molar-refractivity contribution is 6.04. The van der Waals surface area contributed by atoms with Gasteiger partial charge in [0.05, 0.1) is 17.4 Å². The molecule has 0 bridgehead atoms. The quantitative estimate of drug-likeness (QED) is 0.549. The Morgan fingerprint density at radius 2 is 1.28 bits per heavy atom. The van der Waals surface area contributed by atoms with E-state index in [9.17, 15) is 14.4 Å². The molecule has 7 nitrogen and oxygen atoms in total. The van der Waals surface area contributed by atoms with E-state index in [1.54, 1.807) is 60.8 Å². The van der Waals surface area contributed by atoms with Crippen molar-refractivity contribution in [2.24, 2.45) is 0 Å². The van der Waals surface area contributed by atoms with Crippen LogP contribution in [-0.4, -0.2) is 22.6 Å². The van der Waals surface area contributed by atoms with Crippen molar-refractivity contribution in [3.05, 3.63) is 78.1 Å². The first-order valence-corrected chi connectivity index (χ1v) is 8.93. The summed E-state index contributed by atoms with van der Waals surface area (Å²) in [5.74, 6) is -0.463. The molecule has 0 saturated heterocycles. The van der Waals surface area contributed by atoms with Crippen LogP contribution in [0.3, 0.4) is 0 Å². The van der Waals surface area contributed by atoms with E-state index < -0.39 is 0 Å². The lowest BCUT2D eigenvalue weighted by atomic mass is 10.1. The van der Waals surface area contributed by atoms with Gasteiger partial charge in [0.15, 0.2) is 5.78 Å². The van der Waals surface area contributed by atoms with E-state index in [0.717, 1.165) is 5.69 Å². The van der Waals surface area contributed by atoms with Gasteiger partial charge in [0.2, 0.25) is 5.91 Å². The lowest BCUT2D eigenvalue weighted by Crippen LogP contribution is -2.12. The number of hydrogen-bond donors (Lipinski definition) is 3. The molecule has 2 amide bonds. The van der Waals surface area contributed by atoms with Crippen molar-refractivity contribution >= 4 is 40.3 Å². The highest BCUT2D eigenvalue weighted by atomic mass is 16.2. The van der Waals surface area contributed by atoms with Crippen molar-refractivity contribution in [2.75, 3.05) is 16.0 Å². The van der Waals surface area contributed by atoms with E-state index >= 15 is 0 Å². The minimum absolute atomic E-state index is 0.00184. The Bertz CT molecular complexity index is 1040. The van der Waals surface area contributed by atoms with Gasteiger partial charge < -0.3 is 16.0 Å². The number of rotatable bonds is 6. The predicted octanol–water partition coefficient (Wildman–Crippen LogP) is 4.24. The fourth-order valence-electron chi connectivity index (χ4n) is 2.63. The molecular weight excluding hydrogens is 368 g/mol. The molecule has 1 heterocycles. The Morgan fingerprint density at radius 3 is 1.86 bits per heavy atom. The number of carbonyl (C=O) groups excluding carboxylic acids is 3. The lowest BCUT2D eigenvalue weighted by Gasteiger charge is -2.10. The van der Waals surface area contributed by atoms with Crippen LogP contribution in [0.5, 0.6) is 0 Å². The molecule has 0 aliphatic heterocycles. The Kier molecular flexibility index (Phi) is 5.99. The van der Waals surface area contributed by atoms with Crippen molar-refractivity contribution in [3.63, 3.8) is 0 Å². The van der Waals surface area contributed by atoms with Crippen LogP contribution in [0.4, 0.5) is 22.7 Å². The zero-order valence-electron chi connectivity index (χ0n) is 16.0. The third-order valence-electron chi connectivity index (χ3n) is 4.04. The second kappa shape index (κ2) is 8.79. The smallest absolute Gasteiger partial charge is 0.257 e. The minimum atomic E-state index is -0.305. The molecule has 0 saturated carbocycles. The van der Waals surface area contributed by atoms with E-state index in [-0.39, 0.29) is 17.6 Å². The summed E-state index contributed by atoms with van der Waals surface area (Å²) in [6.45, 7) is 2.95. The van der Waals surface area contributed by atoms with E-state index in [2.05, 4.69) is 20.9 Å². The second-order valence-electron chi connectivity index (χ2n) is 6.43. The van der Waals surface area contributed by atoms with Crippen molar-refractivity contribution in [1.29, 1.82) is 0 Å². The minimum Gasteiger partial charge on any atom is -0.354 e. The molecule has 3 rings (SSSR count). The van der Waals surface area contributed by atoms with Gasteiger partial charge in [-0.3, -0.25) is 19.4 Å². The molecule has 3 aromatic rings. The average Bonchev–Trinajstić information content (AvgIpc) is 2.70. The van der Waals surface area contributed by atoms with Crippen molar-refractivity contribution in [1.82, 2.24) is 4.98 Å². The largest absolute Gasteiger partial charge is 0.354 e. The Balaban J connectivity index is 1.67. The van der Waals surface area contributed by atoms with Crippen molar-refractivity contribution in [2.45, 2.75) is 13.8 Å². The third-order valence-corrected chi connectivity index (χ3v) is 4.04. The summed E-state index contributed by atoms with van der Waals surface area (Å²) in [6.07, 6.45) is 3.09. The van der Waals surface area contributed by atoms with E-state index in [0.29, 0.717) is 28.2 Å². The van der Waals surface area contributed by atoms with Gasteiger partial charge >= 0.3 is 0 Å². The zero-order chi connectivity index (χ0) is 20.8. The number of hydrogen-bond acceptors (Lipinski definition) is 5. The molecule has 0 fully saturated rings. The van der Waals surface area contributed by atoms with Gasteiger partial charge in [-0.2, -0.15) is 0 Å². The van der Waals surface area contributed by atoms with E-state index in [1.807, 2.05) is 0 Å². The molecular formula is C22H20N4O3. The molecule has 1 aromatic heterocycles. The van der Waals surface area contributed by atoms with Gasteiger partial charge in [-0.1, -0.05) is 0 Å². The zero-order valence-corrected chi connectivity index (χ0v) is 16.0. The monoisotopic (exact) mass is 388 g/mol. The van der Waals surface area contributed by atoms with Gasteiger partial charge in [0, 0.05) is 35.7 Å². The Morgan fingerprint density at radius 1 is 0.690 bits per heavy atom. The highest BCUT2D eigenvalue weighted by Gasteiger charge is 2.08. The van der Waals surface area contributed by atoms with Gasteiger partial charge in [-0.05, 0) is 61.5 Å². The number of aromatic nitrogens is 1. The van der Waals surface area contributed by atoms with Crippen LogP contribution in [0.1, 0.15) is 34.6 Å². The molecule has 2 aromatic carbocycles. The third kappa shape index (κ3) is 5.49. The fraction of sp³-hybridized carbons (Fsp3) is 0.0909. The first-order valence-electron chi connectivity index (χ1n) is 8.93. The molecule has 29 heavy (non-hydrogen) atoms. The van der Waals surface area contributed by atoms with Crippen LogP contribution >= 0.6 is 0 Å². The number of pyridine rings is 1. The number of carbonyl (C=O) groups is 3. The molecule has 0 unspecified atom stereocenters. The average molecular weight is 388 g/mol. The van der Waals surface area contributed by atoms with Gasteiger partial charge in [-0.15, -0.1) is 0 Å². The number of benzene rings is 2. The molecule has 0 radical (unpaired) electrons. The number of anilines is 4. The van der Waals surface area contributed by atoms with Gasteiger partial charge in [0.1, 0.15) is 0 Å². The Labute approximate surface area is 168 Å². The molecule has 146 valence electrons. The normalized spacial score (nSPS) is 10.1. The number of nitrogens with zero attached hydrogens (tertiary/aromatic N) is 1. The van der Waals surface area contributed by atoms with Crippen LogP contribution in [0, 0.1) is 0 Å². The summed E-state index contributed by atoms with van der Waals surface area (Å²) in [4.78, 5) is 39.0. The van der Waals surface area contributed by atoms with Crippen molar-refractivity contribution in [3.8, 4) is 0 Å². The fourth-order valence-corrected chi connectivity index (χ4v) is 2.63. The summed E-state index contributed by atoms with van der Waals surface area (Å²) in [5.41, 5.74) is 3.70. The van der Waals surface area contributed by atoms with Crippen LogP contribution in [-0.2, 0) is 4.79 Å². The molecule has 0 atom stereocenters. The summed E-state index contributed by atoms with van der Waals surface area (Å²) >= 11 is 0. The first-order chi connectivity index (χ1) is 13.9. The van der Waals surface area contributed by atoms with Gasteiger partial charge in [0.25, 0.3) is 5.91 Å². The van der Waals surface area contributed by atoms with Crippen LogP contribution < -0.4 is 16.0 Å². The number of ketones is 1. The van der Waals surface area contributed by atoms with Crippen LogP contribution in [0.15, 0.2) is 67.0 Å². The molecule has 3 N–H and O–H groups in total. The van der Waals surface area contributed by atoms with E-state index in [4.69, 9.17) is 0 Å². The number of Topliss-reactive ketones (excluding diaryl/α,β-unsaturated/α-hetero) is 1. The van der Waals surface area contributed by atoms with Crippen LogP contribution in [0.25, 0.3) is 0 Å². The summed E-state index contributed by atoms with van der Waals surface area (Å²) in [6, 6.07) is 15.6. The molecule has 0 spiro atoms. The highest BCUT2D eigenvalue weighted by Crippen LogP contribution is 2.19.